The van der Waals surface area contributed by atoms with Gasteiger partial charge in [-0.05, 0) is 62.6 Å². The number of benzene rings is 3. The van der Waals surface area contributed by atoms with Crippen LogP contribution in [-0.4, -0.2) is 20.4 Å². The molecule has 8 heteroatoms. The number of hydrogen-bond acceptors (Lipinski definition) is 6. The smallest absolute Gasteiger partial charge is 0.339 e. The highest BCUT2D eigenvalue weighted by atomic mass is 32.2. The molecule has 1 atom stereocenters. The fraction of sp³-hybridized carbons (Fsp3) is 0.185. The summed E-state index contributed by atoms with van der Waals surface area (Å²) in [4.78, 5) is 25.3. The van der Waals surface area contributed by atoms with Crippen molar-refractivity contribution in [1.29, 1.82) is 0 Å². The average Bonchev–Trinajstić information content (AvgIpc) is 2.83. The SMILES string of the molecule is Cc1ccc(S(=O)(=O)N[C@H](Cc2ccccc2)C(=O)Oc2ccc3c(C)c(C)c(=O)oc3c2)cc1. The molecule has 0 amide bonds. The lowest BCUT2D eigenvalue weighted by molar-refractivity contribution is -0.136. The van der Waals surface area contributed by atoms with E-state index in [4.69, 9.17) is 9.15 Å². The normalized spacial score (nSPS) is 12.4. The van der Waals surface area contributed by atoms with Crippen LogP contribution in [0, 0.1) is 20.8 Å². The number of nitrogens with one attached hydrogen (secondary N) is 1. The maximum Gasteiger partial charge on any atom is 0.339 e. The van der Waals surface area contributed by atoms with E-state index in [1.807, 2.05) is 32.0 Å². The second-order valence-electron chi connectivity index (χ2n) is 8.40. The minimum Gasteiger partial charge on any atom is -0.425 e. The second kappa shape index (κ2) is 9.85. The molecule has 1 N–H and O–H groups in total. The molecule has 0 fully saturated rings. The number of carbonyl (C=O) groups is 1. The van der Waals surface area contributed by atoms with Gasteiger partial charge in [-0.1, -0.05) is 48.0 Å². The Bertz CT molecular complexity index is 1540. The zero-order valence-corrected chi connectivity index (χ0v) is 20.4. The van der Waals surface area contributed by atoms with E-state index in [9.17, 15) is 18.0 Å². The van der Waals surface area contributed by atoms with Crippen LogP contribution in [0.15, 0.2) is 86.9 Å². The zero-order chi connectivity index (χ0) is 25.2. The number of carbonyl (C=O) groups excluding carboxylic acids is 1. The topological polar surface area (TPSA) is 103 Å². The molecule has 0 aliphatic carbocycles. The summed E-state index contributed by atoms with van der Waals surface area (Å²) in [5.74, 6) is -0.642. The van der Waals surface area contributed by atoms with Crippen molar-refractivity contribution in [2.75, 3.05) is 0 Å². The number of rotatable bonds is 7. The lowest BCUT2D eigenvalue weighted by atomic mass is 10.1. The molecule has 7 nitrogen and oxygen atoms in total. The van der Waals surface area contributed by atoms with E-state index in [0.29, 0.717) is 5.56 Å². The summed E-state index contributed by atoms with van der Waals surface area (Å²) in [6, 6.07) is 18.9. The van der Waals surface area contributed by atoms with Crippen LogP contribution in [0.3, 0.4) is 0 Å². The van der Waals surface area contributed by atoms with Gasteiger partial charge in [-0.3, -0.25) is 0 Å². The van der Waals surface area contributed by atoms with Crippen molar-refractivity contribution in [2.45, 2.75) is 38.1 Å². The molecule has 35 heavy (non-hydrogen) atoms. The first-order valence-corrected chi connectivity index (χ1v) is 12.5. The first-order valence-electron chi connectivity index (χ1n) is 11.0. The minimum absolute atomic E-state index is 0.0484. The van der Waals surface area contributed by atoms with Gasteiger partial charge in [0.15, 0.2) is 0 Å². The van der Waals surface area contributed by atoms with Gasteiger partial charge in [0.05, 0.1) is 4.90 Å². The summed E-state index contributed by atoms with van der Waals surface area (Å²) >= 11 is 0. The van der Waals surface area contributed by atoms with Gasteiger partial charge >= 0.3 is 11.6 Å². The Labute approximate surface area is 203 Å². The summed E-state index contributed by atoms with van der Waals surface area (Å²) in [6.45, 7) is 5.35. The molecule has 4 rings (SSSR count). The molecule has 1 heterocycles. The molecule has 0 saturated heterocycles. The first-order chi connectivity index (χ1) is 16.6. The Balaban J connectivity index is 1.64. The fourth-order valence-corrected chi connectivity index (χ4v) is 4.86. The predicted octanol–water partition coefficient (Wildman–Crippen LogP) is 4.21. The van der Waals surface area contributed by atoms with E-state index in [1.54, 1.807) is 43.3 Å². The molecule has 180 valence electrons. The number of hydrogen-bond donors (Lipinski definition) is 1. The highest BCUT2D eigenvalue weighted by molar-refractivity contribution is 7.89. The highest BCUT2D eigenvalue weighted by Gasteiger charge is 2.28. The lowest BCUT2D eigenvalue weighted by Gasteiger charge is -2.18. The molecule has 1 aromatic heterocycles. The van der Waals surface area contributed by atoms with Gasteiger partial charge in [0.2, 0.25) is 10.0 Å². The van der Waals surface area contributed by atoms with Crippen molar-refractivity contribution < 1.29 is 22.4 Å². The van der Waals surface area contributed by atoms with Crippen LogP contribution < -0.4 is 15.1 Å². The van der Waals surface area contributed by atoms with E-state index in [2.05, 4.69) is 4.72 Å². The van der Waals surface area contributed by atoms with Gasteiger partial charge in [0, 0.05) is 17.0 Å². The van der Waals surface area contributed by atoms with Crippen LogP contribution in [0.4, 0.5) is 0 Å². The molecule has 0 bridgehead atoms. The monoisotopic (exact) mass is 491 g/mol. The van der Waals surface area contributed by atoms with Crippen LogP contribution in [0.2, 0.25) is 0 Å². The summed E-state index contributed by atoms with van der Waals surface area (Å²) in [6.07, 6.45) is 0.0890. The lowest BCUT2D eigenvalue weighted by Crippen LogP contribution is -2.44. The average molecular weight is 492 g/mol. The van der Waals surface area contributed by atoms with Gasteiger partial charge in [0.1, 0.15) is 17.4 Å². The van der Waals surface area contributed by atoms with Gasteiger partial charge in [0.25, 0.3) is 0 Å². The molecule has 0 unspecified atom stereocenters. The third-order valence-corrected chi connectivity index (χ3v) is 7.33. The Morgan fingerprint density at radius 3 is 2.31 bits per heavy atom. The summed E-state index contributed by atoms with van der Waals surface area (Å²) in [5.41, 5.74) is 2.78. The van der Waals surface area contributed by atoms with Crippen LogP contribution in [0.25, 0.3) is 11.0 Å². The quantitative estimate of drug-likeness (QED) is 0.236. The maximum atomic E-state index is 13.2. The van der Waals surface area contributed by atoms with Crippen molar-refractivity contribution in [3.05, 3.63) is 105 Å². The van der Waals surface area contributed by atoms with Crippen molar-refractivity contribution in [3.63, 3.8) is 0 Å². The molecule has 0 saturated carbocycles. The van der Waals surface area contributed by atoms with E-state index >= 15 is 0 Å². The Hall–Kier alpha value is -3.75. The first kappa shape index (κ1) is 24.4. The van der Waals surface area contributed by atoms with Crippen LogP contribution >= 0.6 is 0 Å². The third-order valence-electron chi connectivity index (χ3n) is 5.84. The van der Waals surface area contributed by atoms with E-state index < -0.39 is 27.7 Å². The predicted molar refractivity (Wildman–Crippen MR) is 133 cm³/mol. The molecule has 0 aliphatic heterocycles. The zero-order valence-electron chi connectivity index (χ0n) is 19.6. The number of esters is 1. The van der Waals surface area contributed by atoms with Crippen molar-refractivity contribution in [2.24, 2.45) is 0 Å². The molecule has 4 aromatic rings. The molecular weight excluding hydrogens is 466 g/mol. The second-order valence-corrected chi connectivity index (χ2v) is 10.1. The molecule has 0 radical (unpaired) electrons. The van der Waals surface area contributed by atoms with E-state index in [1.165, 1.54) is 18.2 Å². The maximum absolute atomic E-state index is 13.2. The van der Waals surface area contributed by atoms with Gasteiger partial charge in [-0.15, -0.1) is 0 Å². The minimum atomic E-state index is -4.00. The molecule has 0 aliphatic rings. The molecule has 0 spiro atoms. The Morgan fingerprint density at radius 1 is 0.943 bits per heavy atom. The largest absolute Gasteiger partial charge is 0.425 e. The Kier molecular flexibility index (Phi) is 6.86. The van der Waals surface area contributed by atoms with Gasteiger partial charge < -0.3 is 9.15 Å². The Morgan fingerprint density at radius 2 is 1.63 bits per heavy atom. The van der Waals surface area contributed by atoms with Crippen molar-refractivity contribution >= 4 is 27.0 Å². The summed E-state index contributed by atoms with van der Waals surface area (Å²) < 4.78 is 39.4. The highest BCUT2D eigenvalue weighted by Crippen LogP contribution is 2.24. The van der Waals surface area contributed by atoms with Crippen LogP contribution in [0.1, 0.15) is 22.3 Å². The van der Waals surface area contributed by atoms with Crippen LogP contribution in [0.5, 0.6) is 5.75 Å². The van der Waals surface area contributed by atoms with Crippen LogP contribution in [-0.2, 0) is 21.2 Å². The number of fused-ring (bicyclic) bond motifs is 1. The molecular formula is C27H25NO6S. The number of ether oxygens (including phenoxy) is 1. The van der Waals surface area contributed by atoms with E-state index in [-0.39, 0.29) is 22.6 Å². The number of sulfonamides is 1. The third kappa shape index (κ3) is 5.50. The van der Waals surface area contributed by atoms with Crippen molar-refractivity contribution in [1.82, 2.24) is 4.72 Å². The summed E-state index contributed by atoms with van der Waals surface area (Å²) in [5, 5.41) is 0.725. The summed E-state index contributed by atoms with van der Waals surface area (Å²) in [7, 11) is -4.00. The molecule has 3 aromatic carbocycles. The number of aryl methyl sites for hydroxylation is 2. The van der Waals surface area contributed by atoms with Gasteiger partial charge in [-0.25, -0.2) is 18.0 Å². The van der Waals surface area contributed by atoms with Gasteiger partial charge in [-0.2, -0.15) is 4.72 Å². The van der Waals surface area contributed by atoms with E-state index in [0.717, 1.165) is 22.1 Å². The fourth-order valence-electron chi connectivity index (χ4n) is 3.67. The standard InChI is InChI=1S/C27H25NO6S/c1-17-9-12-22(13-10-17)35(31,32)28-24(15-20-7-5-4-6-8-20)27(30)33-21-11-14-23-18(2)19(3)26(29)34-25(23)16-21/h4-14,16,24,28H,15H2,1-3H3/t24-/m1/s1. The van der Waals surface area contributed by atoms with Crippen molar-refractivity contribution in [3.8, 4) is 5.75 Å².